The number of methoxy groups -OCH3 is 1. The van der Waals surface area contributed by atoms with Gasteiger partial charge in [0.2, 0.25) is 0 Å². The van der Waals surface area contributed by atoms with E-state index in [1.807, 2.05) is 50.2 Å². The lowest BCUT2D eigenvalue weighted by atomic mass is 10.1. The average Bonchev–Trinajstić information content (AvgIpc) is 2.98. The number of hydrogen-bond donors (Lipinski definition) is 1. The summed E-state index contributed by atoms with van der Waals surface area (Å²) in [5.41, 5.74) is 3.03. The third kappa shape index (κ3) is 4.85. The summed E-state index contributed by atoms with van der Waals surface area (Å²) >= 11 is 6.25. The van der Waals surface area contributed by atoms with E-state index in [1.54, 1.807) is 13.2 Å². The Morgan fingerprint density at radius 1 is 1.07 bits per heavy atom. The summed E-state index contributed by atoms with van der Waals surface area (Å²) in [4.78, 5) is 12.4. The molecule has 0 radical (unpaired) electrons. The molecule has 3 rings (SSSR count). The molecular weight excluding hydrogens is 394 g/mol. The zero-order valence-electron chi connectivity index (χ0n) is 15.9. The first-order valence-electron chi connectivity index (χ1n) is 8.72. The molecule has 5 nitrogen and oxygen atoms in total. The highest BCUT2D eigenvalue weighted by molar-refractivity contribution is 8.26. The van der Waals surface area contributed by atoms with Crippen LogP contribution in [0.25, 0.3) is 6.08 Å². The van der Waals surface area contributed by atoms with Gasteiger partial charge in [-0.2, -0.15) is 0 Å². The van der Waals surface area contributed by atoms with Crippen LogP contribution in [0.15, 0.2) is 41.3 Å². The summed E-state index contributed by atoms with van der Waals surface area (Å²) in [6.45, 7) is 4.86. The minimum absolute atomic E-state index is 0.182. The third-order valence-electron chi connectivity index (χ3n) is 4.12. The molecule has 2 aromatic rings. The topological polar surface area (TPSA) is 56.8 Å². The Hall–Kier alpha value is -2.51. The van der Waals surface area contributed by atoms with E-state index in [2.05, 4.69) is 5.32 Å². The molecule has 28 heavy (non-hydrogen) atoms. The van der Waals surface area contributed by atoms with E-state index in [4.69, 9.17) is 26.4 Å². The van der Waals surface area contributed by atoms with Crippen LogP contribution in [0.2, 0.25) is 0 Å². The molecule has 1 heterocycles. The zero-order valence-corrected chi connectivity index (χ0v) is 17.5. The first-order chi connectivity index (χ1) is 13.5. The number of nitrogens with one attached hydrogen (secondary N) is 1. The predicted molar refractivity (Wildman–Crippen MR) is 116 cm³/mol. The predicted octanol–water partition coefficient (Wildman–Crippen LogP) is 4.26. The number of benzene rings is 2. The van der Waals surface area contributed by atoms with Gasteiger partial charge in [0.05, 0.1) is 12.0 Å². The minimum Gasteiger partial charge on any atom is -0.493 e. The minimum atomic E-state index is -0.182. The Morgan fingerprint density at radius 2 is 1.79 bits per heavy atom. The van der Waals surface area contributed by atoms with Crippen LogP contribution in [0.3, 0.4) is 0 Å². The van der Waals surface area contributed by atoms with E-state index in [-0.39, 0.29) is 5.91 Å². The summed E-state index contributed by atoms with van der Waals surface area (Å²) < 4.78 is 17.6. The maximum absolute atomic E-state index is 11.8. The average molecular weight is 416 g/mol. The van der Waals surface area contributed by atoms with Gasteiger partial charge >= 0.3 is 0 Å². The summed E-state index contributed by atoms with van der Waals surface area (Å²) in [7, 11) is 1.58. The number of thiocarbonyl (C=S) groups is 1. The maximum Gasteiger partial charge on any atom is 0.263 e. The van der Waals surface area contributed by atoms with Gasteiger partial charge in [0.1, 0.15) is 23.3 Å². The molecule has 0 bridgehead atoms. The van der Waals surface area contributed by atoms with Crippen molar-refractivity contribution in [3.05, 3.63) is 58.0 Å². The number of para-hydroxylation sites is 1. The standard InChI is InChI=1S/C21H21NO4S2/c1-13-5-4-6-14(2)19(13)26-10-9-25-16-8-7-15(11-17(16)24-3)12-18-20(23)22-21(27)28-18/h4-8,11-12H,9-10H2,1-3H3,(H,22,23,27). The lowest BCUT2D eigenvalue weighted by Crippen LogP contribution is -2.17. The number of thioether (sulfide) groups is 1. The largest absolute Gasteiger partial charge is 0.493 e. The van der Waals surface area contributed by atoms with Crippen LogP contribution >= 0.6 is 24.0 Å². The van der Waals surface area contributed by atoms with Crippen LogP contribution in [0, 0.1) is 13.8 Å². The van der Waals surface area contributed by atoms with Crippen molar-refractivity contribution in [2.75, 3.05) is 20.3 Å². The van der Waals surface area contributed by atoms with Crippen molar-refractivity contribution in [2.24, 2.45) is 0 Å². The molecule has 0 unspecified atom stereocenters. The Morgan fingerprint density at radius 3 is 2.43 bits per heavy atom. The Kier molecular flexibility index (Phi) is 6.59. The van der Waals surface area contributed by atoms with E-state index in [0.717, 1.165) is 22.4 Å². The van der Waals surface area contributed by atoms with E-state index < -0.39 is 0 Å². The van der Waals surface area contributed by atoms with Crippen molar-refractivity contribution in [3.63, 3.8) is 0 Å². The molecule has 0 spiro atoms. The summed E-state index contributed by atoms with van der Waals surface area (Å²) in [6.07, 6.45) is 1.77. The van der Waals surface area contributed by atoms with Crippen LogP contribution in [0.5, 0.6) is 17.2 Å². The molecule has 146 valence electrons. The fourth-order valence-corrected chi connectivity index (χ4v) is 3.83. The summed E-state index contributed by atoms with van der Waals surface area (Å²) in [5, 5.41) is 2.60. The molecule has 0 aromatic heterocycles. The van der Waals surface area contributed by atoms with Gasteiger partial charge in [0, 0.05) is 0 Å². The summed E-state index contributed by atoms with van der Waals surface area (Å²) in [5.74, 6) is 1.92. The number of ether oxygens (including phenoxy) is 3. The van der Waals surface area contributed by atoms with Crippen LogP contribution in [-0.4, -0.2) is 30.6 Å². The van der Waals surface area contributed by atoms with E-state index >= 15 is 0 Å². The number of hydrogen-bond acceptors (Lipinski definition) is 6. The van der Waals surface area contributed by atoms with Gasteiger partial charge in [-0.3, -0.25) is 4.79 Å². The highest BCUT2D eigenvalue weighted by atomic mass is 32.2. The second-order valence-electron chi connectivity index (χ2n) is 6.18. The molecule has 2 aromatic carbocycles. The second kappa shape index (κ2) is 9.12. The van der Waals surface area contributed by atoms with Crippen LogP contribution in [0.4, 0.5) is 0 Å². The van der Waals surface area contributed by atoms with Gasteiger partial charge < -0.3 is 19.5 Å². The quantitative estimate of drug-likeness (QED) is 0.414. The third-order valence-corrected chi connectivity index (χ3v) is 5.29. The van der Waals surface area contributed by atoms with Gasteiger partial charge in [0.15, 0.2) is 11.5 Å². The molecule has 1 aliphatic heterocycles. The molecule has 0 atom stereocenters. The summed E-state index contributed by atoms with van der Waals surface area (Å²) in [6, 6.07) is 11.6. The Bertz CT molecular complexity index is 920. The SMILES string of the molecule is COc1cc(C=C2SC(=S)NC2=O)ccc1OCCOc1c(C)cccc1C. The molecule has 0 aliphatic carbocycles. The van der Waals surface area contributed by atoms with Crippen molar-refractivity contribution < 1.29 is 19.0 Å². The Balaban J connectivity index is 1.62. The van der Waals surface area contributed by atoms with Crippen molar-refractivity contribution in [1.82, 2.24) is 5.32 Å². The fraction of sp³-hybridized carbons (Fsp3) is 0.238. The highest BCUT2D eigenvalue weighted by Crippen LogP contribution is 2.31. The van der Waals surface area contributed by atoms with E-state index in [1.165, 1.54) is 11.8 Å². The highest BCUT2D eigenvalue weighted by Gasteiger charge is 2.22. The number of rotatable bonds is 7. The molecule has 1 N–H and O–H groups in total. The van der Waals surface area contributed by atoms with E-state index in [0.29, 0.717) is 33.9 Å². The molecule has 0 saturated carbocycles. The van der Waals surface area contributed by atoms with Crippen molar-refractivity contribution in [2.45, 2.75) is 13.8 Å². The monoisotopic (exact) mass is 415 g/mol. The lowest BCUT2D eigenvalue weighted by Gasteiger charge is -2.14. The van der Waals surface area contributed by atoms with Gasteiger partial charge in [-0.25, -0.2) is 0 Å². The zero-order chi connectivity index (χ0) is 20.1. The van der Waals surface area contributed by atoms with Gasteiger partial charge in [-0.15, -0.1) is 0 Å². The van der Waals surface area contributed by atoms with Gasteiger partial charge in [-0.1, -0.05) is 48.2 Å². The number of carbonyl (C=O) groups excluding carboxylic acids is 1. The first kappa shape index (κ1) is 20.2. The first-order valence-corrected chi connectivity index (χ1v) is 9.95. The van der Waals surface area contributed by atoms with Gasteiger partial charge in [0.25, 0.3) is 5.91 Å². The van der Waals surface area contributed by atoms with Crippen LogP contribution in [0.1, 0.15) is 16.7 Å². The molecule has 1 aliphatic rings. The number of amides is 1. The molecular formula is C21H21NO4S2. The second-order valence-corrected chi connectivity index (χ2v) is 7.90. The van der Waals surface area contributed by atoms with E-state index in [9.17, 15) is 4.79 Å². The van der Waals surface area contributed by atoms with Crippen molar-refractivity contribution in [3.8, 4) is 17.2 Å². The Labute approximate surface area is 174 Å². The van der Waals surface area contributed by atoms with Crippen LogP contribution in [-0.2, 0) is 4.79 Å². The maximum atomic E-state index is 11.8. The molecule has 1 amide bonds. The number of aryl methyl sites for hydroxylation is 2. The van der Waals surface area contributed by atoms with Crippen molar-refractivity contribution >= 4 is 40.3 Å². The van der Waals surface area contributed by atoms with Gasteiger partial charge in [-0.05, 0) is 48.7 Å². The molecule has 1 saturated heterocycles. The number of carbonyl (C=O) groups is 1. The van der Waals surface area contributed by atoms with Crippen LogP contribution < -0.4 is 19.5 Å². The smallest absolute Gasteiger partial charge is 0.263 e. The van der Waals surface area contributed by atoms with Crippen molar-refractivity contribution in [1.29, 1.82) is 0 Å². The normalized spacial score (nSPS) is 14.9. The fourth-order valence-electron chi connectivity index (χ4n) is 2.79. The molecule has 7 heteroatoms. The lowest BCUT2D eigenvalue weighted by molar-refractivity contribution is -0.115. The molecule has 1 fully saturated rings.